The fraction of sp³-hybridized carbons (Fsp3) is 0.520. The van der Waals surface area contributed by atoms with Crippen LogP contribution in [-0.4, -0.2) is 47.4 Å². The van der Waals surface area contributed by atoms with Gasteiger partial charge >= 0.3 is 0 Å². The zero-order valence-corrected chi connectivity index (χ0v) is 19.4. The van der Waals surface area contributed by atoms with Gasteiger partial charge in [0, 0.05) is 0 Å². The summed E-state index contributed by atoms with van der Waals surface area (Å²) in [5.41, 5.74) is 2.37. The quantitative estimate of drug-likeness (QED) is 0.614. The van der Waals surface area contributed by atoms with Crippen molar-refractivity contribution in [1.29, 1.82) is 0 Å². The molecule has 170 valence electrons. The smallest absolute Gasteiger partial charge is 0.162 e. The van der Waals surface area contributed by atoms with Gasteiger partial charge in [0.2, 0.25) is 0 Å². The summed E-state index contributed by atoms with van der Waals surface area (Å²) < 4.78 is 33.9. The highest BCUT2D eigenvalue weighted by atomic mass is 16.7. The van der Waals surface area contributed by atoms with E-state index in [0.717, 1.165) is 35.8 Å². The Hall–Kier alpha value is -2.44. The van der Waals surface area contributed by atoms with E-state index in [-0.39, 0.29) is 11.8 Å². The first kappa shape index (κ1) is 23.2. The van der Waals surface area contributed by atoms with Crippen LogP contribution in [0.2, 0.25) is 0 Å². The molecule has 0 saturated carbocycles. The molecule has 0 radical (unpaired) electrons. The Kier molecular flexibility index (Phi) is 7.68. The van der Waals surface area contributed by atoms with E-state index in [1.807, 2.05) is 38.1 Å². The first-order valence-electron chi connectivity index (χ1n) is 10.6. The van der Waals surface area contributed by atoms with Crippen molar-refractivity contribution in [2.45, 2.75) is 32.5 Å². The molecule has 1 saturated heterocycles. The zero-order chi connectivity index (χ0) is 22.4. The minimum absolute atomic E-state index is 0.285. The molecule has 0 N–H and O–H groups in total. The molecular formula is C25H34O6. The largest absolute Gasteiger partial charge is 0.493 e. The Morgan fingerprint density at radius 1 is 0.677 bits per heavy atom. The van der Waals surface area contributed by atoms with Crippen LogP contribution in [-0.2, 0) is 22.3 Å². The topological polar surface area (TPSA) is 55.4 Å². The van der Waals surface area contributed by atoms with Gasteiger partial charge in [-0.05, 0) is 73.9 Å². The maximum absolute atomic E-state index is 6.10. The van der Waals surface area contributed by atoms with E-state index in [9.17, 15) is 0 Å². The van der Waals surface area contributed by atoms with Gasteiger partial charge in [0.15, 0.2) is 28.8 Å². The number of ether oxygens (including phenoxy) is 6. The van der Waals surface area contributed by atoms with Gasteiger partial charge in [-0.3, -0.25) is 0 Å². The van der Waals surface area contributed by atoms with Gasteiger partial charge in [-0.25, -0.2) is 0 Å². The molecule has 2 aromatic rings. The summed E-state index contributed by atoms with van der Waals surface area (Å²) in [6.07, 6.45) is 1.72. The van der Waals surface area contributed by atoms with Crippen molar-refractivity contribution in [1.82, 2.24) is 0 Å². The maximum Gasteiger partial charge on any atom is 0.162 e. The van der Waals surface area contributed by atoms with Crippen molar-refractivity contribution < 1.29 is 28.4 Å². The average molecular weight is 431 g/mol. The molecule has 0 unspecified atom stereocenters. The Morgan fingerprint density at radius 3 is 1.42 bits per heavy atom. The highest BCUT2D eigenvalue weighted by Gasteiger charge is 2.33. The first-order valence-corrected chi connectivity index (χ1v) is 10.6. The van der Waals surface area contributed by atoms with E-state index in [0.29, 0.717) is 13.2 Å². The zero-order valence-electron chi connectivity index (χ0n) is 19.4. The van der Waals surface area contributed by atoms with Crippen LogP contribution in [0.25, 0.3) is 0 Å². The molecule has 31 heavy (non-hydrogen) atoms. The second kappa shape index (κ2) is 10.2. The Labute approximate surface area is 185 Å². The summed E-state index contributed by atoms with van der Waals surface area (Å²) in [5, 5.41) is 0. The Balaban J connectivity index is 1.83. The molecule has 3 rings (SSSR count). The molecule has 0 aromatic heterocycles. The lowest BCUT2D eigenvalue weighted by atomic mass is 9.83. The minimum Gasteiger partial charge on any atom is -0.493 e. The van der Waals surface area contributed by atoms with Crippen LogP contribution in [0, 0.1) is 11.8 Å². The van der Waals surface area contributed by atoms with Gasteiger partial charge < -0.3 is 28.4 Å². The molecule has 2 aromatic carbocycles. The molecule has 1 aliphatic rings. The van der Waals surface area contributed by atoms with E-state index in [2.05, 4.69) is 12.1 Å². The van der Waals surface area contributed by atoms with Crippen molar-refractivity contribution in [3.63, 3.8) is 0 Å². The number of rotatable bonds is 8. The predicted octanol–water partition coefficient (Wildman–Crippen LogP) is 4.52. The SMILES string of the molecule is COc1ccc(C[C@H]2COC(C)(C)OC[C@@H]2Cc2ccc(OC)c(OC)c2)cc1OC. The molecule has 1 fully saturated rings. The number of hydrogen-bond donors (Lipinski definition) is 0. The number of benzene rings is 2. The third-order valence-corrected chi connectivity index (χ3v) is 5.85. The van der Waals surface area contributed by atoms with Crippen LogP contribution < -0.4 is 18.9 Å². The van der Waals surface area contributed by atoms with Gasteiger partial charge in [0.1, 0.15) is 0 Å². The number of methoxy groups -OCH3 is 4. The van der Waals surface area contributed by atoms with Crippen LogP contribution in [0.5, 0.6) is 23.0 Å². The average Bonchev–Trinajstić information content (AvgIpc) is 2.92. The third-order valence-electron chi connectivity index (χ3n) is 5.85. The van der Waals surface area contributed by atoms with E-state index in [1.54, 1.807) is 28.4 Å². The Bertz CT molecular complexity index is 794. The van der Waals surface area contributed by atoms with Gasteiger partial charge in [-0.15, -0.1) is 0 Å². The van der Waals surface area contributed by atoms with Crippen molar-refractivity contribution in [3.8, 4) is 23.0 Å². The molecule has 0 spiro atoms. The molecule has 6 nitrogen and oxygen atoms in total. The summed E-state index contributed by atoms with van der Waals surface area (Å²) >= 11 is 0. The third kappa shape index (κ3) is 5.83. The monoisotopic (exact) mass is 430 g/mol. The van der Waals surface area contributed by atoms with E-state index in [4.69, 9.17) is 28.4 Å². The molecular weight excluding hydrogens is 396 g/mol. The van der Waals surface area contributed by atoms with Crippen LogP contribution in [0.3, 0.4) is 0 Å². The predicted molar refractivity (Wildman–Crippen MR) is 119 cm³/mol. The fourth-order valence-corrected chi connectivity index (χ4v) is 4.00. The first-order chi connectivity index (χ1) is 14.9. The van der Waals surface area contributed by atoms with Crippen molar-refractivity contribution in [2.24, 2.45) is 11.8 Å². The minimum atomic E-state index is -0.595. The van der Waals surface area contributed by atoms with Gasteiger partial charge in [0.05, 0.1) is 41.7 Å². The molecule has 1 heterocycles. The van der Waals surface area contributed by atoms with Crippen LogP contribution in [0.15, 0.2) is 36.4 Å². The highest BCUT2D eigenvalue weighted by molar-refractivity contribution is 5.44. The molecule has 2 atom stereocenters. The Morgan fingerprint density at radius 2 is 1.06 bits per heavy atom. The lowest BCUT2D eigenvalue weighted by Gasteiger charge is -2.24. The van der Waals surface area contributed by atoms with Crippen molar-refractivity contribution in [3.05, 3.63) is 47.5 Å². The van der Waals surface area contributed by atoms with Crippen LogP contribution in [0.1, 0.15) is 25.0 Å². The van der Waals surface area contributed by atoms with E-state index < -0.39 is 5.79 Å². The summed E-state index contributed by atoms with van der Waals surface area (Å²) in [6.45, 7) is 5.19. The van der Waals surface area contributed by atoms with Crippen LogP contribution >= 0.6 is 0 Å². The summed E-state index contributed by atoms with van der Waals surface area (Å²) in [4.78, 5) is 0. The van der Waals surface area contributed by atoms with Crippen molar-refractivity contribution in [2.75, 3.05) is 41.7 Å². The van der Waals surface area contributed by atoms with Crippen molar-refractivity contribution >= 4 is 0 Å². The summed E-state index contributed by atoms with van der Waals surface area (Å²) in [7, 11) is 6.61. The highest BCUT2D eigenvalue weighted by Crippen LogP contribution is 2.34. The van der Waals surface area contributed by atoms with Gasteiger partial charge in [-0.1, -0.05) is 12.1 Å². The van der Waals surface area contributed by atoms with Crippen LogP contribution in [0.4, 0.5) is 0 Å². The summed E-state index contributed by atoms with van der Waals surface area (Å²) in [5.74, 6) is 2.91. The maximum atomic E-state index is 6.10. The van der Waals surface area contributed by atoms with E-state index >= 15 is 0 Å². The van der Waals surface area contributed by atoms with E-state index in [1.165, 1.54) is 11.1 Å². The molecule has 0 bridgehead atoms. The second-order valence-electron chi connectivity index (χ2n) is 8.33. The standard InChI is InChI=1S/C25H34O6/c1-25(2)30-15-19(11-17-7-9-21(26-3)23(13-17)28-5)20(16-31-25)12-18-8-10-22(27-4)24(14-18)29-6/h7-10,13-14,19-20H,11-12,15-16H2,1-6H3/t19-,20-/m0/s1. The second-order valence-corrected chi connectivity index (χ2v) is 8.33. The summed E-state index contributed by atoms with van der Waals surface area (Å²) in [6, 6.07) is 12.2. The molecule has 0 aliphatic carbocycles. The molecule has 6 heteroatoms. The fourth-order valence-electron chi connectivity index (χ4n) is 4.00. The molecule has 0 amide bonds. The normalized spacial score (nSPS) is 20.6. The van der Waals surface area contributed by atoms with Gasteiger partial charge in [0.25, 0.3) is 0 Å². The lowest BCUT2D eigenvalue weighted by molar-refractivity contribution is -0.202. The number of hydrogen-bond acceptors (Lipinski definition) is 6. The molecule has 1 aliphatic heterocycles. The van der Waals surface area contributed by atoms with Gasteiger partial charge in [-0.2, -0.15) is 0 Å². The lowest BCUT2D eigenvalue weighted by Crippen LogP contribution is -2.27.